The Morgan fingerprint density at radius 2 is 1.77 bits per heavy atom. The molecule has 1 N–H and O–H groups in total. The standard InChI is InChI=1S/C19H17F3N2O4S3/c1-11-18(30-16(23-11)6-7-25)15-10-29-17(24-15)9-13(26)8-12-2-4-14(5-3-12)31(27,28)19(20,21)22/h2-5,10,25H,6-9H2,1H3. The molecule has 0 atom stereocenters. The summed E-state index contributed by atoms with van der Waals surface area (Å²) in [5.74, 6) is -0.200. The van der Waals surface area contributed by atoms with Crippen molar-refractivity contribution in [2.24, 2.45) is 0 Å². The van der Waals surface area contributed by atoms with Gasteiger partial charge in [0.25, 0.3) is 9.84 Å². The van der Waals surface area contributed by atoms with Gasteiger partial charge in [0.1, 0.15) is 10.8 Å². The second-order valence-corrected chi connectivity index (χ2v) is 10.6. The molecule has 1 aromatic carbocycles. The summed E-state index contributed by atoms with van der Waals surface area (Å²) in [6, 6.07) is 4.10. The predicted octanol–water partition coefficient (Wildman–Crippen LogP) is 3.76. The Labute approximate surface area is 184 Å². The molecule has 0 saturated heterocycles. The number of nitrogens with zero attached hydrogens (tertiary/aromatic N) is 2. The van der Waals surface area contributed by atoms with E-state index in [2.05, 4.69) is 9.97 Å². The van der Waals surface area contributed by atoms with E-state index in [1.165, 1.54) is 34.8 Å². The molecule has 6 nitrogen and oxygen atoms in total. The van der Waals surface area contributed by atoms with Crippen LogP contribution < -0.4 is 0 Å². The first-order valence-corrected chi connectivity index (χ1v) is 12.1. The second kappa shape index (κ2) is 9.15. The fraction of sp³-hybridized carbons (Fsp3) is 0.316. The number of hydrogen-bond acceptors (Lipinski definition) is 8. The summed E-state index contributed by atoms with van der Waals surface area (Å²) in [4.78, 5) is 21.2. The summed E-state index contributed by atoms with van der Waals surface area (Å²) in [5.41, 5.74) is -3.46. The number of carbonyl (C=O) groups excluding carboxylic acids is 1. The maximum absolute atomic E-state index is 12.6. The van der Waals surface area contributed by atoms with Crippen molar-refractivity contribution in [3.8, 4) is 10.6 Å². The lowest BCUT2D eigenvalue weighted by molar-refractivity contribution is -0.117. The molecule has 3 rings (SSSR count). The molecule has 0 unspecified atom stereocenters. The van der Waals surface area contributed by atoms with Gasteiger partial charge in [-0.05, 0) is 24.6 Å². The fourth-order valence-electron chi connectivity index (χ4n) is 2.77. The zero-order valence-electron chi connectivity index (χ0n) is 16.1. The molecule has 2 heterocycles. The summed E-state index contributed by atoms with van der Waals surface area (Å²) in [6.07, 6.45) is 0.458. The Bertz CT molecular complexity index is 1180. The third-order valence-electron chi connectivity index (χ3n) is 4.24. The third kappa shape index (κ3) is 5.37. The topological polar surface area (TPSA) is 97.2 Å². The SMILES string of the molecule is Cc1nc(CCO)sc1-c1csc(CC(=O)Cc2ccc(S(=O)(=O)C(F)(F)F)cc2)n1. The van der Waals surface area contributed by atoms with Gasteiger partial charge in [-0.25, -0.2) is 18.4 Å². The number of aryl methyl sites for hydroxylation is 1. The van der Waals surface area contributed by atoms with Crippen LogP contribution in [-0.2, 0) is 33.9 Å². The molecular weight excluding hydrogens is 473 g/mol. The lowest BCUT2D eigenvalue weighted by Gasteiger charge is -2.08. The van der Waals surface area contributed by atoms with Crippen molar-refractivity contribution in [3.63, 3.8) is 0 Å². The smallest absolute Gasteiger partial charge is 0.396 e. The summed E-state index contributed by atoms with van der Waals surface area (Å²) in [6.45, 7) is 1.85. The molecule has 0 amide bonds. The Kier molecular flexibility index (Phi) is 6.94. The molecule has 0 aliphatic carbocycles. The zero-order chi connectivity index (χ0) is 22.8. The van der Waals surface area contributed by atoms with Gasteiger partial charge in [0.15, 0.2) is 0 Å². The number of Topliss-reactive ketones (excluding diaryl/α,β-unsaturated/α-hetero) is 1. The van der Waals surface area contributed by atoms with Crippen LogP contribution in [0.15, 0.2) is 34.5 Å². The average molecular weight is 491 g/mol. The molecular formula is C19H17F3N2O4S3. The number of sulfone groups is 1. The van der Waals surface area contributed by atoms with Gasteiger partial charge in [-0.1, -0.05) is 12.1 Å². The first-order chi connectivity index (χ1) is 14.5. The lowest BCUT2D eigenvalue weighted by atomic mass is 10.1. The molecule has 0 bridgehead atoms. The highest BCUT2D eigenvalue weighted by Gasteiger charge is 2.46. The van der Waals surface area contributed by atoms with Gasteiger partial charge >= 0.3 is 5.51 Å². The van der Waals surface area contributed by atoms with Crippen LogP contribution in [0.3, 0.4) is 0 Å². The van der Waals surface area contributed by atoms with E-state index in [4.69, 9.17) is 5.11 Å². The Balaban J connectivity index is 1.66. The normalized spacial score (nSPS) is 12.3. The van der Waals surface area contributed by atoms with Gasteiger partial charge in [0, 0.05) is 24.8 Å². The van der Waals surface area contributed by atoms with Crippen LogP contribution in [0.4, 0.5) is 13.2 Å². The number of aliphatic hydroxyl groups is 1. The van der Waals surface area contributed by atoms with Crippen LogP contribution >= 0.6 is 22.7 Å². The van der Waals surface area contributed by atoms with E-state index in [9.17, 15) is 26.4 Å². The van der Waals surface area contributed by atoms with E-state index in [0.717, 1.165) is 27.7 Å². The molecule has 0 fully saturated rings. The van der Waals surface area contributed by atoms with Crippen LogP contribution in [0.2, 0.25) is 0 Å². The van der Waals surface area contributed by atoms with Crippen molar-refractivity contribution in [2.45, 2.75) is 36.6 Å². The summed E-state index contributed by atoms with van der Waals surface area (Å²) in [5, 5.41) is 12.3. The highest BCUT2D eigenvalue weighted by Crippen LogP contribution is 2.32. The second-order valence-electron chi connectivity index (χ2n) is 6.61. The van der Waals surface area contributed by atoms with Crippen molar-refractivity contribution >= 4 is 38.3 Å². The molecule has 2 aromatic heterocycles. The first-order valence-electron chi connectivity index (χ1n) is 8.95. The van der Waals surface area contributed by atoms with E-state index < -0.39 is 20.2 Å². The minimum atomic E-state index is -5.41. The molecule has 0 spiro atoms. The van der Waals surface area contributed by atoms with Crippen LogP contribution in [-0.4, -0.2) is 41.4 Å². The molecule has 3 aromatic rings. The molecule has 12 heteroatoms. The van der Waals surface area contributed by atoms with Crippen molar-refractivity contribution in [2.75, 3.05) is 6.61 Å². The Morgan fingerprint density at radius 3 is 2.39 bits per heavy atom. The van der Waals surface area contributed by atoms with Gasteiger partial charge < -0.3 is 5.11 Å². The number of thiazole rings is 2. The number of hydrogen-bond donors (Lipinski definition) is 1. The number of ketones is 1. The summed E-state index contributed by atoms with van der Waals surface area (Å²) >= 11 is 2.75. The zero-order valence-corrected chi connectivity index (χ0v) is 18.6. The van der Waals surface area contributed by atoms with Gasteiger partial charge in [0.2, 0.25) is 0 Å². The highest BCUT2D eigenvalue weighted by atomic mass is 32.2. The van der Waals surface area contributed by atoms with Crippen molar-refractivity contribution in [1.82, 2.24) is 9.97 Å². The first kappa shape index (κ1) is 23.5. The van der Waals surface area contributed by atoms with E-state index in [0.29, 0.717) is 22.7 Å². The minimum absolute atomic E-state index is 0.00628. The molecule has 0 radical (unpaired) electrons. The van der Waals surface area contributed by atoms with E-state index in [1.54, 1.807) is 0 Å². The van der Waals surface area contributed by atoms with Gasteiger partial charge in [-0.3, -0.25) is 4.79 Å². The largest absolute Gasteiger partial charge is 0.501 e. The lowest BCUT2D eigenvalue weighted by Crippen LogP contribution is -2.23. The number of rotatable bonds is 8. The monoisotopic (exact) mass is 490 g/mol. The van der Waals surface area contributed by atoms with Gasteiger partial charge in [-0.15, -0.1) is 22.7 Å². The Morgan fingerprint density at radius 1 is 1.10 bits per heavy atom. The van der Waals surface area contributed by atoms with Gasteiger partial charge in [-0.2, -0.15) is 13.2 Å². The highest BCUT2D eigenvalue weighted by molar-refractivity contribution is 7.92. The van der Waals surface area contributed by atoms with Crippen LogP contribution in [0.25, 0.3) is 10.6 Å². The quantitative estimate of drug-likeness (QED) is 0.517. The van der Waals surface area contributed by atoms with E-state index >= 15 is 0 Å². The van der Waals surface area contributed by atoms with Crippen molar-refractivity contribution in [3.05, 3.63) is 50.9 Å². The maximum Gasteiger partial charge on any atom is 0.501 e. The molecule has 31 heavy (non-hydrogen) atoms. The fourth-order valence-corrected chi connectivity index (χ4v) is 5.43. The third-order valence-corrected chi connectivity index (χ3v) is 7.83. The summed E-state index contributed by atoms with van der Waals surface area (Å²) in [7, 11) is -5.41. The number of halogens is 3. The number of aliphatic hydroxyl groups excluding tert-OH is 1. The minimum Gasteiger partial charge on any atom is -0.396 e. The maximum atomic E-state index is 12.6. The summed E-state index contributed by atoms with van der Waals surface area (Å²) < 4.78 is 60.6. The van der Waals surface area contributed by atoms with Gasteiger partial charge in [0.05, 0.1) is 32.6 Å². The van der Waals surface area contributed by atoms with E-state index in [1.807, 2.05) is 12.3 Å². The predicted molar refractivity (Wildman–Crippen MR) is 111 cm³/mol. The molecule has 0 aliphatic rings. The Hall–Kier alpha value is -2.15. The number of aromatic nitrogens is 2. The number of alkyl halides is 3. The average Bonchev–Trinajstić information content (AvgIpc) is 3.27. The van der Waals surface area contributed by atoms with Crippen LogP contribution in [0.1, 0.15) is 21.3 Å². The van der Waals surface area contributed by atoms with Crippen LogP contribution in [0, 0.1) is 6.92 Å². The molecule has 0 aliphatic heterocycles. The van der Waals surface area contributed by atoms with Crippen molar-refractivity contribution < 1.29 is 31.5 Å². The van der Waals surface area contributed by atoms with E-state index in [-0.39, 0.29) is 25.2 Å². The van der Waals surface area contributed by atoms with Crippen molar-refractivity contribution in [1.29, 1.82) is 0 Å². The molecule has 0 saturated carbocycles. The number of carbonyl (C=O) groups is 1. The number of benzene rings is 1. The molecule has 166 valence electrons. The van der Waals surface area contributed by atoms with Crippen LogP contribution in [0.5, 0.6) is 0 Å².